The Balaban J connectivity index is 2.72. The highest BCUT2D eigenvalue weighted by Gasteiger charge is 2.41. The van der Waals surface area contributed by atoms with E-state index in [1.807, 2.05) is 0 Å². The summed E-state index contributed by atoms with van der Waals surface area (Å²) in [6.07, 6.45) is 4.52. The molecule has 6 N–H and O–H groups in total. The summed E-state index contributed by atoms with van der Waals surface area (Å²) in [5.74, 6) is 0.584. The van der Waals surface area contributed by atoms with Gasteiger partial charge in [-0.25, -0.2) is 0 Å². The van der Waals surface area contributed by atoms with Crippen LogP contribution in [0.2, 0.25) is 0 Å². The van der Waals surface area contributed by atoms with Crippen LogP contribution in [-0.2, 0) is 0 Å². The van der Waals surface area contributed by atoms with E-state index < -0.39 is 0 Å². The van der Waals surface area contributed by atoms with E-state index in [-0.39, 0.29) is 11.5 Å². The quantitative estimate of drug-likeness (QED) is 0.680. The molecule has 16 heavy (non-hydrogen) atoms. The van der Waals surface area contributed by atoms with E-state index in [9.17, 15) is 0 Å². The molecule has 3 nitrogen and oxygen atoms in total. The molecule has 96 valence electrons. The lowest BCUT2D eigenvalue weighted by molar-refractivity contribution is 0.0481. The Morgan fingerprint density at radius 2 is 1.81 bits per heavy atom. The highest BCUT2D eigenvalue weighted by atomic mass is 14.7. The maximum absolute atomic E-state index is 6.24. The first kappa shape index (κ1) is 13.9. The molecule has 0 bridgehead atoms. The summed E-state index contributed by atoms with van der Waals surface area (Å²) in [4.78, 5) is 0. The molecule has 0 heterocycles. The SMILES string of the molecule is CC1(C)CC(C(N)CCN)CC(C)(CN)C1. The van der Waals surface area contributed by atoms with Crippen LogP contribution in [0.25, 0.3) is 0 Å². The molecular weight excluding hydrogens is 198 g/mol. The van der Waals surface area contributed by atoms with Crippen molar-refractivity contribution in [1.29, 1.82) is 0 Å². The molecule has 0 amide bonds. The molecule has 0 aromatic heterocycles. The Bertz CT molecular complexity index is 227. The van der Waals surface area contributed by atoms with Crippen molar-refractivity contribution in [1.82, 2.24) is 0 Å². The predicted molar refractivity (Wildman–Crippen MR) is 69.9 cm³/mol. The topological polar surface area (TPSA) is 78.1 Å². The number of nitrogens with two attached hydrogens (primary N) is 3. The third-order valence-electron chi connectivity index (χ3n) is 4.07. The Morgan fingerprint density at radius 1 is 1.19 bits per heavy atom. The van der Waals surface area contributed by atoms with Crippen molar-refractivity contribution in [2.45, 2.75) is 52.5 Å². The van der Waals surface area contributed by atoms with Crippen molar-refractivity contribution in [2.75, 3.05) is 13.1 Å². The van der Waals surface area contributed by atoms with E-state index in [0.717, 1.165) is 19.4 Å². The van der Waals surface area contributed by atoms with Gasteiger partial charge in [0, 0.05) is 6.04 Å². The van der Waals surface area contributed by atoms with Crippen LogP contribution >= 0.6 is 0 Å². The minimum absolute atomic E-state index is 0.246. The van der Waals surface area contributed by atoms with Gasteiger partial charge >= 0.3 is 0 Å². The van der Waals surface area contributed by atoms with Crippen molar-refractivity contribution >= 4 is 0 Å². The summed E-state index contributed by atoms with van der Waals surface area (Å²) in [5, 5.41) is 0. The minimum atomic E-state index is 0.246. The lowest BCUT2D eigenvalue weighted by Gasteiger charge is -2.48. The zero-order chi connectivity index (χ0) is 12.4. The average Bonchev–Trinajstić information content (AvgIpc) is 2.15. The minimum Gasteiger partial charge on any atom is -0.330 e. The van der Waals surface area contributed by atoms with E-state index >= 15 is 0 Å². The third-order valence-corrected chi connectivity index (χ3v) is 4.07. The molecule has 1 fully saturated rings. The van der Waals surface area contributed by atoms with Gasteiger partial charge < -0.3 is 17.2 Å². The molecule has 3 heteroatoms. The van der Waals surface area contributed by atoms with Gasteiger partial charge in [0.15, 0.2) is 0 Å². The van der Waals surface area contributed by atoms with Crippen LogP contribution in [0.3, 0.4) is 0 Å². The standard InChI is InChI=1S/C13H29N3/c1-12(2)6-10(11(16)4-5-14)7-13(3,8-12)9-15/h10-11H,4-9,14-16H2,1-3H3. The summed E-state index contributed by atoms with van der Waals surface area (Å²) in [6.45, 7) is 8.43. The first-order valence-corrected chi connectivity index (χ1v) is 6.48. The summed E-state index contributed by atoms with van der Waals surface area (Å²) in [6, 6.07) is 0.246. The van der Waals surface area contributed by atoms with Crippen LogP contribution < -0.4 is 17.2 Å². The highest BCUT2D eigenvalue weighted by molar-refractivity contribution is 4.94. The van der Waals surface area contributed by atoms with Gasteiger partial charge in [0.25, 0.3) is 0 Å². The fraction of sp³-hybridized carbons (Fsp3) is 1.00. The third kappa shape index (κ3) is 3.44. The van der Waals surface area contributed by atoms with Crippen LogP contribution in [0.15, 0.2) is 0 Å². The summed E-state index contributed by atoms with van der Waals surface area (Å²) in [5.41, 5.74) is 18.4. The monoisotopic (exact) mass is 227 g/mol. The van der Waals surface area contributed by atoms with Crippen molar-refractivity contribution in [3.63, 3.8) is 0 Å². The van der Waals surface area contributed by atoms with E-state index in [1.54, 1.807) is 0 Å². The van der Waals surface area contributed by atoms with Gasteiger partial charge in [-0.05, 0) is 55.5 Å². The summed E-state index contributed by atoms with van der Waals surface area (Å²) in [7, 11) is 0. The molecule has 0 aliphatic heterocycles. The number of hydrogen-bond donors (Lipinski definition) is 3. The maximum atomic E-state index is 6.24. The molecule has 0 saturated heterocycles. The zero-order valence-corrected chi connectivity index (χ0v) is 11.1. The Morgan fingerprint density at radius 3 is 2.31 bits per heavy atom. The maximum Gasteiger partial charge on any atom is 0.00795 e. The predicted octanol–water partition coefficient (Wildman–Crippen LogP) is 1.45. The van der Waals surface area contributed by atoms with E-state index in [4.69, 9.17) is 17.2 Å². The van der Waals surface area contributed by atoms with Gasteiger partial charge in [0.1, 0.15) is 0 Å². The van der Waals surface area contributed by atoms with Crippen LogP contribution in [0.4, 0.5) is 0 Å². The van der Waals surface area contributed by atoms with E-state index in [2.05, 4.69) is 20.8 Å². The molecule has 0 aromatic carbocycles. The summed E-state index contributed by atoms with van der Waals surface area (Å²) < 4.78 is 0. The van der Waals surface area contributed by atoms with Gasteiger partial charge in [0.05, 0.1) is 0 Å². The lowest BCUT2D eigenvalue weighted by Crippen LogP contribution is -2.46. The molecule has 3 unspecified atom stereocenters. The molecule has 1 aliphatic carbocycles. The number of hydrogen-bond acceptors (Lipinski definition) is 3. The fourth-order valence-corrected chi connectivity index (χ4v) is 3.60. The van der Waals surface area contributed by atoms with Crippen LogP contribution in [0, 0.1) is 16.7 Å². The Labute approximate surface area is 100 Å². The molecule has 3 atom stereocenters. The molecule has 0 radical (unpaired) electrons. The van der Waals surface area contributed by atoms with Crippen molar-refractivity contribution in [2.24, 2.45) is 33.9 Å². The van der Waals surface area contributed by atoms with Gasteiger partial charge in [0.2, 0.25) is 0 Å². The average molecular weight is 227 g/mol. The number of rotatable bonds is 4. The lowest BCUT2D eigenvalue weighted by atomic mass is 9.59. The smallest absolute Gasteiger partial charge is 0.00795 e. The summed E-state index contributed by atoms with van der Waals surface area (Å²) >= 11 is 0. The van der Waals surface area contributed by atoms with Crippen LogP contribution in [-0.4, -0.2) is 19.1 Å². The highest BCUT2D eigenvalue weighted by Crippen LogP contribution is 2.48. The van der Waals surface area contributed by atoms with Gasteiger partial charge in [-0.2, -0.15) is 0 Å². The Hall–Kier alpha value is -0.120. The first-order chi connectivity index (χ1) is 7.32. The molecule has 0 spiro atoms. The van der Waals surface area contributed by atoms with Gasteiger partial charge in [-0.1, -0.05) is 20.8 Å². The van der Waals surface area contributed by atoms with Crippen molar-refractivity contribution in [3.8, 4) is 0 Å². The molecule has 1 saturated carbocycles. The molecule has 1 rings (SSSR count). The second kappa shape index (κ2) is 5.03. The van der Waals surface area contributed by atoms with Gasteiger partial charge in [-0.3, -0.25) is 0 Å². The molecular formula is C13H29N3. The molecule has 0 aromatic rings. The van der Waals surface area contributed by atoms with Crippen LogP contribution in [0.1, 0.15) is 46.5 Å². The largest absolute Gasteiger partial charge is 0.330 e. The zero-order valence-electron chi connectivity index (χ0n) is 11.1. The Kier molecular flexibility index (Phi) is 4.38. The van der Waals surface area contributed by atoms with E-state index in [1.165, 1.54) is 12.8 Å². The second-order valence-electron chi connectivity index (χ2n) is 6.77. The normalized spacial score (nSPS) is 36.0. The van der Waals surface area contributed by atoms with Gasteiger partial charge in [-0.15, -0.1) is 0 Å². The second-order valence-corrected chi connectivity index (χ2v) is 6.77. The molecule has 1 aliphatic rings. The first-order valence-electron chi connectivity index (χ1n) is 6.48. The fourth-order valence-electron chi connectivity index (χ4n) is 3.60. The van der Waals surface area contributed by atoms with Crippen molar-refractivity contribution in [3.05, 3.63) is 0 Å². The van der Waals surface area contributed by atoms with E-state index in [0.29, 0.717) is 17.9 Å². The van der Waals surface area contributed by atoms with Crippen molar-refractivity contribution < 1.29 is 0 Å². The van der Waals surface area contributed by atoms with Crippen LogP contribution in [0.5, 0.6) is 0 Å².